The van der Waals surface area contributed by atoms with Gasteiger partial charge in [-0.2, -0.15) is 0 Å². The number of rotatable bonds is 3. The van der Waals surface area contributed by atoms with E-state index in [2.05, 4.69) is 0 Å². The van der Waals surface area contributed by atoms with E-state index in [4.69, 9.17) is 5.14 Å². The number of carbonyl (C=O) groups excluding carboxylic acids is 2. The maximum atomic E-state index is 12.6. The second-order valence-corrected chi connectivity index (χ2v) is 6.84. The first-order chi connectivity index (χ1) is 10.9. The third-order valence-corrected chi connectivity index (χ3v) is 4.70. The van der Waals surface area contributed by atoms with Crippen LogP contribution in [0.5, 0.6) is 0 Å². The normalized spacial score (nSPS) is 18.5. The molecule has 1 heterocycles. The zero-order chi connectivity index (χ0) is 16.6. The van der Waals surface area contributed by atoms with Gasteiger partial charge in [-0.15, -0.1) is 0 Å². The molecule has 2 aromatic carbocycles. The molecule has 1 aliphatic rings. The Morgan fingerprint density at radius 1 is 0.957 bits per heavy atom. The molecular weight excluding hydrogens is 316 g/mol. The van der Waals surface area contributed by atoms with Crippen LogP contribution in [-0.4, -0.2) is 20.2 Å². The van der Waals surface area contributed by atoms with Gasteiger partial charge in [0.2, 0.25) is 21.8 Å². The van der Waals surface area contributed by atoms with Gasteiger partial charge in [0.25, 0.3) is 0 Å². The Morgan fingerprint density at radius 2 is 1.57 bits per heavy atom. The third kappa shape index (κ3) is 2.88. The maximum absolute atomic E-state index is 12.6. The lowest BCUT2D eigenvalue weighted by atomic mass is 9.98. The summed E-state index contributed by atoms with van der Waals surface area (Å²) in [5.41, 5.74) is 1.13. The molecule has 118 valence electrons. The highest BCUT2D eigenvalue weighted by Crippen LogP contribution is 2.33. The summed E-state index contributed by atoms with van der Waals surface area (Å²) in [4.78, 5) is 25.8. The molecule has 0 spiro atoms. The van der Waals surface area contributed by atoms with Crippen molar-refractivity contribution >= 4 is 27.5 Å². The zero-order valence-corrected chi connectivity index (χ0v) is 12.9. The second-order valence-electron chi connectivity index (χ2n) is 5.27. The summed E-state index contributed by atoms with van der Waals surface area (Å²) in [5.74, 6) is -1.14. The van der Waals surface area contributed by atoms with Gasteiger partial charge in [-0.1, -0.05) is 30.3 Å². The smallest absolute Gasteiger partial charge is 0.241 e. The number of amides is 2. The van der Waals surface area contributed by atoms with E-state index < -0.39 is 15.9 Å². The minimum absolute atomic E-state index is 0.0695. The highest BCUT2D eigenvalue weighted by Gasteiger charge is 2.40. The quantitative estimate of drug-likeness (QED) is 0.860. The molecule has 1 fully saturated rings. The van der Waals surface area contributed by atoms with Gasteiger partial charge in [0.1, 0.15) is 0 Å². The predicted molar refractivity (Wildman–Crippen MR) is 84.1 cm³/mol. The molecule has 0 saturated carbocycles. The summed E-state index contributed by atoms with van der Waals surface area (Å²) < 4.78 is 22.5. The van der Waals surface area contributed by atoms with Crippen molar-refractivity contribution in [1.82, 2.24) is 0 Å². The van der Waals surface area contributed by atoms with Crippen LogP contribution in [0.1, 0.15) is 17.9 Å². The average Bonchev–Trinajstić information content (AvgIpc) is 2.82. The molecule has 0 bridgehead atoms. The lowest BCUT2D eigenvalue weighted by Crippen LogP contribution is -2.30. The standard InChI is InChI=1S/C16H14N2O4S/c17-23(21,22)13-8-6-12(7-9-13)18-15(19)10-14(16(18)20)11-4-2-1-3-5-11/h1-9,14H,10H2,(H2,17,21,22)/t14-/m1/s1. The van der Waals surface area contributed by atoms with Crippen molar-refractivity contribution in [2.24, 2.45) is 5.14 Å². The Bertz CT molecular complexity index is 861. The van der Waals surface area contributed by atoms with Gasteiger partial charge in [0.15, 0.2) is 0 Å². The summed E-state index contributed by atoms with van der Waals surface area (Å²) >= 11 is 0. The van der Waals surface area contributed by atoms with E-state index in [-0.39, 0.29) is 23.1 Å². The minimum atomic E-state index is -3.81. The topological polar surface area (TPSA) is 97.5 Å². The van der Waals surface area contributed by atoms with Crippen molar-refractivity contribution in [2.45, 2.75) is 17.2 Å². The molecule has 0 unspecified atom stereocenters. The van der Waals surface area contributed by atoms with Gasteiger partial charge in [0, 0.05) is 6.42 Å². The Kier molecular flexibility index (Phi) is 3.75. The number of anilines is 1. The fourth-order valence-corrected chi connectivity index (χ4v) is 3.15. The van der Waals surface area contributed by atoms with Crippen molar-refractivity contribution in [1.29, 1.82) is 0 Å². The van der Waals surface area contributed by atoms with Gasteiger partial charge in [-0.05, 0) is 29.8 Å². The first-order valence-electron chi connectivity index (χ1n) is 6.92. The van der Waals surface area contributed by atoms with E-state index in [1.165, 1.54) is 24.3 Å². The van der Waals surface area contributed by atoms with E-state index in [9.17, 15) is 18.0 Å². The van der Waals surface area contributed by atoms with Crippen LogP contribution >= 0.6 is 0 Å². The van der Waals surface area contributed by atoms with E-state index in [0.29, 0.717) is 5.69 Å². The van der Waals surface area contributed by atoms with Crippen molar-refractivity contribution in [3.63, 3.8) is 0 Å². The molecule has 7 heteroatoms. The van der Waals surface area contributed by atoms with Crippen molar-refractivity contribution in [2.75, 3.05) is 4.90 Å². The van der Waals surface area contributed by atoms with Crippen LogP contribution in [0, 0.1) is 0 Å². The molecule has 1 saturated heterocycles. The molecule has 1 atom stereocenters. The molecule has 3 rings (SSSR count). The Balaban J connectivity index is 1.92. The van der Waals surface area contributed by atoms with Crippen molar-refractivity contribution < 1.29 is 18.0 Å². The highest BCUT2D eigenvalue weighted by atomic mass is 32.2. The van der Waals surface area contributed by atoms with Gasteiger partial charge in [0.05, 0.1) is 16.5 Å². The fourth-order valence-electron chi connectivity index (χ4n) is 2.63. The van der Waals surface area contributed by atoms with Crippen molar-refractivity contribution in [3.05, 3.63) is 60.2 Å². The molecular formula is C16H14N2O4S. The van der Waals surface area contributed by atoms with Gasteiger partial charge in [-0.25, -0.2) is 13.6 Å². The Hall–Kier alpha value is -2.51. The van der Waals surface area contributed by atoms with Crippen LogP contribution in [0.15, 0.2) is 59.5 Å². The first-order valence-corrected chi connectivity index (χ1v) is 8.47. The summed E-state index contributed by atoms with van der Waals surface area (Å²) in [6.45, 7) is 0. The number of hydrogen-bond donors (Lipinski definition) is 1. The molecule has 1 aliphatic heterocycles. The molecule has 2 amide bonds. The monoisotopic (exact) mass is 330 g/mol. The molecule has 0 aromatic heterocycles. The van der Waals surface area contributed by atoms with E-state index in [1.54, 1.807) is 0 Å². The zero-order valence-electron chi connectivity index (χ0n) is 12.0. The highest BCUT2D eigenvalue weighted by molar-refractivity contribution is 7.89. The van der Waals surface area contributed by atoms with E-state index >= 15 is 0 Å². The lowest BCUT2D eigenvalue weighted by Gasteiger charge is -2.15. The molecule has 6 nitrogen and oxygen atoms in total. The summed E-state index contributed by atoms with van der Waals surface area (Å²) in [6, 6.07) is 14.5. The van der Waals surface area contributed by atoms with Gasteiger partial charge < -0.3 is 0 Å². The fraction of sp³-hybridized carbons (Fsp3) is 0.125. The van der Waals surface area contributed by atoms with Crippen LogP contribution in [0.3, 0.4) is 0 Å². The number of benzene rings is 2. The first kappa shape index (κ1) is 15.4. The largest absolute Gasteiger partial charge is 0.274 e. The third-order valence-electron chi connectivity index (χ3n) is 3.77. The van der Waals surface area contributed by atoms with Gasteiger partial charge in [-0.3, -0.25) is 14.5 Å². The van der Waals surface area contributed by atoms with Gasteiger partial charge >= 0.3 is 0 Å². The minimum Gasteiger partial charge on any atom is -0.274 e. The Labute approximate surface area is 133 Å². The van der Waals surface area contributed by atoms with Crippen LogP contribution < -0.4 is 10.0 Å². The molecule has 23 heavy (non-hydrogen) atoms. The second kappa shape index (κ2) is 5.60. The number of nitrogens with two attached hydrogens (primary N) is 1. The summed E-state index contributed by atoms with van der Waals surface area (Å²) in [5, 5.41) is 5.04. The molecule has 0 aliphatic carbocycles. The average molecular weight is 330 g/mol. The Morgan fingerprint density at radius 3 is 2.13 bits per heavy atom. The lowest BCUT2D eigenvalue weighted by molar-refractivity contribution is -0.121. The molecule has 2 N–H and O–H groups in total. The van der Waals surface area contributed by atoms with Crippen LogP contribution in [0.4, 0.5) is 5.69 Å². The number of carbonyl (C=O) groups is 2. The van der Waals surface area contributed by atoms with Crippen molar-refractivity contribution in [3.8, 4) is 0 Å². The summed E-state index contributed by atoms with van der Waals surface area (Å²) in [7, 11) is -3.81. The van der Waals surface area contributed by atoms with E-state index in [1.807, 2.05) is 30.3 Å². The number of hydrogen-bond acceptors (Lipinski definition) is 4. The predicted octanol–water partition coefficient (Wildman–Crippen LogP) is 1.38. The summed E-state index contributed by atoms with van der Waals surface area (Å²) in [6.07, 6.45) is 0.0970. The number of sulfonamides is 1. The number of primary sulfonamides is 1. The van der Waals surface area contributed by atoms with Crippen LogP contribution in [0.2, 0.25) is 0 Å². The molecule has 0 radical (unpaired) electrons. The van der Waals surface area contributed by atoms with Crippen LogP contribution in [0.25, 0.3) is 0 Å². The van der Waals surface area contributed by atoms with E-state index in [0.717, 1.165) is 10.5 Å². The maximum Gasteiger partial charge on any atom is 0.241 e. The van der Waals surface area contributed by atoms with Crippen LogP contribution in [-0.2, 0) is 19.6 Å². The SMILES string of the molecule is NS(=O)(=O)c1ccc(N2C(=O)C[C@H](c3ccccc3)C2=O)cc1. The number of nitrogens with zero attached hydrogens (tertiary/aromatic N) is 1. The molecule has 2 aromatic rings. The number of imide groups is 1.